The molecule has 9 nitrogen and oxygen atoms in total. The number of carbonyl (C=O) groups is 3. The molecule has 1 aliphatic rings. The predicted octanol–water partition coefficient (Wildman–Crippen LogP) is 4.81. The van der Waals surface area contributed by atoms with Crippen molar-refractivity contribution in [1.29, 1.82) is 0 Å². The number of methoxy groups -OCH3 is 1. The first-order valence-corrected chi connectivity index (χ1v) is 15.4. The van der Waals surface area contributed by atoms with E-state index in [1.807, 2.05) is 37.3 Å². The lowest BCUT2D eigenvalue weighted by molar-refractivity contribution is -0.119. The Hall–Kier alpha value is -4.28. The molecule has 0 saturated carbocycles. The second kappa shape index (κ2) is 16.2. The molecule has 0 spiro atoms. The van der Waals surface area contributed by atoms with E-state index in [0.29, 0.717) is 43.2 Å². The Morgan fingerprint density at radius 1 is 1.04 bits per heavy atom. The molecule has 3 aromatic carbocycles. The molecule has 45 heavy (non-hydrogen) atoms. The third-order valence-electron chi connectivity index (χ3n) is 8.04. The van der Waals surface area contributed by atoms with Crippen LogP contribution in [0.4, 0.5) is 10.1 Å². The highest BCUT2D eigenvalue weighted by Gasteiger charge is 2.31. The molecule has 4 N–H and O–H groups in total. The molecular formula is C35H43FN4O5. The summed E-state index contributed by atoms with van der Waals surface area (Å²) >= 11 is 0. The number of carbonyl (C=O) groups excluding carboxylic acids is 3. The van der Waals surface area contributed by atoms with Crippen molar-refractivity contribution in [3.05, 3.63) is 95.3 Å². The van der Waals surface area contributed by atoms with E-state index < -0.39 is 29.7 Å². The van der Waals surface area contributed by atoms with E-state index in [9.17, 15) is 18.8 Å². The number of ether oxygens (including phenoxy) is 2. The lowest BCUT2D eigenvalue weighted by atomic mass is 9.91. The SMILES string of the molecule is CCOc1cc(C(=O)N[C@@H](Cc2ccccc2)[C@@H](N)C[C@@H](C)C(=O)Nc2ccc(F)cc2)cc(C(=O)N2CCC[C@@H]2COC)c1. The summed E-state index contributed by atoms with van der Waals surface area (Å²) in [6.07, 6.45) is 2.46. The fraction of sp³-hybridized carbons (Fsp3) is 0.400. The summed E-state index contributed by atoms with van der Waals surface area (Å²) in [6.45, 7) is 5.04. The molecule has 0 radical (unpaired) electrons. The van der Waals surface area contributed by atoms with Gasteiger partial charge in [-0.05, 0) is 80.6 Å². The first-order valence-electron chi connectivity index (χ1n) is 15.4. The van der Waals surface area contributed by atoms with Gasteiger partial charge in [0.1, 0.15) is 11.6 Å². The van der Waals surface area contributed by atoms with Crippen LogP contribution < -0.4 is 21.1 Å². The Balaban J connectivity index is 1.53. The zero-order valence-corrected chi connectivity index (χ0v) is 26.1. The summed E-state index contributed by atoms with van der Waals surface area (Å²) in [5.74, 6) is -1.30. The highest BCUT2D eigenvalue weighted by Crippen LogP contribution is 2.25. The number of hydrogen-bond donors (Lipinski definition) is 3. The molecule has 4 atom stereocenters. The minimum absolute atomic E-state index is 0.0222. The number of nitrogens with one attached hydrogen (secondary N) is 2. The topological polar surface area (TPSA) is 123 Å². The first-order chi connectivity index (χ1) is 21.7. The standard InChI is InChI=1S/C35H43FN4O5/c1-4-45-30-20-25(19-26(21-30)35(43)40-16-8-11-29(40)22-44-3)34(42)39-32(18-24-9-6-5-7-10-24)31(37)17-23(2)33(41)38-28-14-12-27(36)13-15-28/h5-7,9-10,12-15,19-21,23,29,31-32H,4,8,11,16-18,22,37H2,1-3H3,(H,38,41)(H,39,42)/t23-,29-,31+,32+/m1/s1. The van der Waals surface area contributed by atoms with Gasteiger partial charge in [-0.25, -0.2) is 4.39 Å². The zero-order valence-electron chi connectivity index (χ0n) is 26.1. The number of nitrogens with zero attached hydrogens (tertiary/aromatic N) is 1. The third-order valence-corrected chi connectivity index (χ3v) is 8.04. The van der Waals surface area contributed by atoms with Gasteiger partial charge in [0.15, 0.2) is 0 Å². The fourth-order valence-electron chi connectivity index (χ4n) is 5.65. The molecule has 0 aliphatic carbocycles. The Kier molecular flexibility index (Phi) is 12.1. The third kappa shape index (κ3) is 9.36. The lowest BCUT2D eigenvalue weighted by Gasteiger charge is -2.28. The van der Waals surface area contributed by atoms with Crippen molar-refractivity contribution >= 4 is 23.4 Å². The second-order valence-corrected chi connectivity index (χ2v) is 11.5. The summed E-state index contributed by atoms with van der Waals surface area (Å²) in [6, 6.07) is 18.9. The van der Waals surface area contributed by atoms with Crippen LogP contribution in [-0.4, -0.2) is 67.6 Å². The van der Waals surface area contributed by atoms with Crippen LogP contribution in [0.2, 0.25) is 0 Å². The quantitative estimate of drug-likeness (QED) is 0.238. The van der Waals surface area contributed by atoms with E-state index in [0.717, 1.165) is 18.4 Å². The molecule has 1 saturated heterocycles. The van der Waals surface area contributed by atoms with Crippen molar-refractivity contribution in [3.8, 4) is 5.75 Å². The second-order valence-electron chi connectivity index (χ2n) is 11.5. The minimum atomic E-state index is -0.585. The molecule has 10 heteroatoms. The van der Waals surface area contributed by atoms with Crippen LogP contribution in [0, 0.1) is 11.7 Å². The van der Waals surface area contributed by atoms with Gasteiger partial charge in [-0.15, -0.1) is 0 Å². The summed E-state index contributed by atoms with van der Waals surface area (Å²) in [7, 11) is 1.62. The average Bonchev–Trinajstić information content (AvgIpc) is 3.50. The Bertz CT molecular complexity index is 1440. The number of benzene rings is 3. The van der Waals surface area contributed by atoms with Crippen molar-refractivity contribution < 1.29 is 28.2 Å². The summed E-state index contributed by atoms with van der Waals surface area (Å²) in [5.41, 5.74) is 8.78. The van der Waals surface area contributed by atoms with E-state index in [4.69, 9.17) is 15.2 Å². The number of anilines is 1. The fourth-order valence-corrected chi connectivity index (χ4v) is 5.65. The van der Waals surface area contributed by atoms with Crippen LogP contribution in [0.15, 0.2) is 72.8 Å². The van der Waals surface area contributed by atoms with Gasteiger partial charge in [-0.3, -0.25) is 14.4 Å². The van der Waals surface area contributed by atoms with Gasteiger partial charge in [0.05, 0.1) is 19.3 Å². The van der Waals surface area contributed by atoms with Crippen molar-refractivity contribution in [2.45, 2.75) is 57.7 Å². The van der Waals surface area contributed by atoms with Crippen molar-refractivity contribution in [2.24, 2.45) is 11.7 Å². The highest BCUT2D eigenvalue weighted by atomic mass is 19.1. The molecule has 3 aromatic rings. The van der Waals surface area contributed by atoms with Crippen LogP contribution in [0.3, 0.4) is 0 Å². The predicted molar refractivity (Wildman–Crippen MR) is 172 cm³/mol. The van der Waals surface area contributed by atoms with Crippen LogP contribution in [0.5, 0.6) is 5.75 Å². The van der Waals surface area contributed by atoms with E-state index in [1.165, 1.54) is 24.3 Å². The van der Waals surface area contributed by atoms with E-state index in [2.05, 4.69) is 10.6 Å². The normalized spacial score (nSPS) is 16.5. The molecule has 4 rings (SSSR count). The molecule has 0 bridgehead atoms. The average molecular weight is 619 g/mol. The van der Waals surface area contributed by atoms with Crippen molar-refractivity contribution in [2.75, 3.05) is 32.2 Å². The minimum Gasteiger partial charge on any atom is -0.494 e. The molecule has 0 aromatic heterocycles. The highest BCUT2D eigenvalue weighted by molar-refractivity contribution is 6.00. The van der Waals surface area contributed by atoms with E-state index in [1.54, 1.807) is 37.1 Å². The van der Waals surface area contributed by atoms with Crippen LogP contribution in [-0.2, 0) is 16.0 Å². The molecular weight excluding hydrogens is 575 g/mol. The summed E-state index contributed by atoms with van der Waals surface area (Å²) in [4.78, 5) is 42.1. The van der Waals surface area contributed by atoms with Gasteiger partial charge in [-0.2, -0.15) is 0 Å². The Morgan fingerprint density at radius 2 is 1.76 bits per heavy atom. The number of hydrogen-bond acceptors (Lipinski definition) is 6. The van der Waals surface area contributed by atoms with Crippen molar-refractivity contribution in [3.63, 3.8) is 0 Å². The molecule has 1 heterocycles. The Labute approximate surface area is 264 Å². The van der Waals surface area contributed by atoms with E-state index in [-0.39, 0.29) is 29.8 Å². The number of amides is 3. The molecule has 3 amide bonds. The number of nitrogens with two attached hydrogens (primary N) is 1. The van der Waals surface area contributed by atoms with Crippen LogP contribution in [0.25, 0.3) is 0 Å². The molecule has 240 valence electrons. The maximum Gasteiger partial charge on any atom is 0.254 e. The maximum atomic E-state index is 13.8. The largest absolute Gasteiger partial charge is 0.494 e. The van der Waals surface area contributed by atoms with Gasteiger partial charge in [0, 0.05) is 48.5 Å². The molecule has 1 aliphatic heterocycles. The zero-order chi connectivity index (χ0) is 32.3. The molecule has 0 unspecified atom stereocenters. The van der Waals surface area contributed by atoms with Gasteiger partial charge in [0.2, 0.25) is 5.91 Å². The van der Waals surface area contributed by atoms with Gasteiger partial charge < -0.3 is 30.7 Å². The summed E-state index contributed by atoms with van der Waals surface area (Å²) in [5, 5.41) is 5.87. The smallest absolute Gasteiger partial charge is 0.254 e. The Morgan fingerprint density at radius 3 is 2.44 bits per heavy atom. The lowest BCUT2D eigenvalue weighted by Crippen LogP contribution is -2.50. The first kappa shape index (κ1) is 33.6. The summed E-state index contributed by atoms with van der Waals surface area (Å²) < 4.78 is 24.4. The molecule has 1 fully saturated rings. The number of likely N-dealkylation sites (tertiary alicyclic amines) is 1. The monoisotopic (exact) mass is 618 g/mol. The van der Waals surface area contributed by atoms with E-state index >= 15 is 0 Å². The van der Waals surface area contributed by atoms with Crippen molar-refractivity contribution in [1.82, 2.24) is 10.2 Å². The van der Waals surface area contributed by atoms with Crippen LogP contribution >= 0.6 is 0 Å². The van der Waals surface area contributed by atoms with Gasteiger partial charge >= 0.3 is 0 Å². The van der Waals surface area contributed by atoms with Gasteiger partial charge in [-0.1, -0.05) is 37.3 Å². The number of rotatable bonds is 14. The van der Waals surface area contributed by atoms with Gasteiger partial charge in [0.25, 0.3) is 11.8 Å². The number of halogens is 1. The maximum absolute atomic E-state index is 13.8. The van der Waals surface area contributed by atoms with Crippen LogP contribution in [0.1, 0.15) is 59.4 Å².